The standard InChI is InChI=1S/C17H32N4O2.ClH/c1-3-21(4-2)16(22)13-20-10-6-7-14(12-20)11-19-17(23)15-8-5-9-18-15;/h14-15,18H,3-13H2,1-2H3,(H,19,23);1H. The molecule has 7 heteroatoms. The van der Waals surface area contributed by atoms with Crippen LogP contribution in [-0.2, 0) is 9.59 Å². The Morgan fingerprint density at radius 3 is 2.58 bits per heavy atom. The Kier molecular flexibility index (Phi) is 9.63. The highest BCUT2D eigenvalue weighted by atomic mass is 35.5. The van der Waals surface area contributed by atoms with E-state index in [0.717, 1.165) is 65.0 Å². The lowest BCUT2D eigenvalue weighted by Gasteiger charge is -2.33. The molecule has 6 nitrogen and oxygen atoms in total. The third-order valence-electron chi connectivity index (χ3n) is 5.02. The second kappa shape index (κ2) is 10.9. The Bertz CT molecular complexity index is 398. The summed E-state index contributed by atoms with van der Waals surface area (Å²) in [5.74, 6) is 0.812. The van der Waals surface area contributed by atoms with Crippen LogP contribution in [0.4, 0.5) is 0 Å². The van der Waals surface area contributed by atoms with E-state index in [2.05, 4.69) is 15.5 Å². The van der Waals surface area contributed by atoms with Gasteiger partial charge < -0.3 is 15.5 Å². The van der Waals surface area contributed by atoms with Crippen LogP contribution in [0.2, 0.25) is 0 Å². The third kappa shape index (κ3) is 6.22. The van der Waals surface area contributed by atoms with Crippen LogP contribution in [-0.4, -0.2) is 73.5 Å². The molecule has 0 radical (unpaired) electrons. The van der Waals surface area contributed by atoms with Crippen LogP contribution in [0.3, 0.4) is 0 Å². The van der Waals surface area contributed by atoms with Crippen molar-refractivity contribution in [3.05, 3.63) is 0 Å². The first-order valence-electron chi connectivity index (χ1n) is 9.15. The molecule has 2 rings (SSSR count). The first-order valence-corrected chi connectivity index (χ1v) is 9.15. The summed E-state index contributed by atoms with van der Waals surface area (Å²) in [5.41, 5.74) is 0. The van der Waals surface area contributed by atoms with E-state index in [4.69, 9.17) is 0 Å². The van der Waals surface area contributed by atoms with Gasteiger partial charge in [-0.05, 0) is 58.5 Å². The van der Waals surface area contributed by atoms with Crippen molar-refractivity contribution in [3.63, 3.8) is 0 Å². The van der Waals surface area contributed by atoms with Gasteiger partial charge in [0, 0.05) is 26.2 Å². The molecule has 140 valence electrons. The largest absolute Gasteiger partial charge is 0.354 e. The summed E-state index contributed by atoms with van der Waals surface area (Å²) >= 11 is 0. The lowest BCUT2D eigenvalue weighted by Crippen LogP contribution is -2.47. The van der Waals surface area contributed by atoms with Crippen LogP contribution < -0.4 is 10.6 Å². The van der Waals surface area contributed by atoms with E-state index in [-0.39, 0.29) is 30.3 Å². The molecule has 2 N–H and O–H groups in total. The lowest BCUT2D eigenvalue weighted by molar-refractivity contribution is -0.132. The molecular weight excluding hydrogens is 328 g/mol. The van der Waals surface area contributed by atoms with Crippen LogP contribution in [0, 0.1) is 5.92 Å². The van der Waals surface area contributed by atoms with E-state index in [1.807, 2.05) is 18.7 Å². The second-order valence-corrected chi connectivity index (χ2v) is 6.70. The summed E-state index contributed by atoms with van der Waals surface area (Å²) < 4.78 is 0. The lowest BCUT2D eigenvalue weighted by atomic mass is 9.97. The summed E-state index contributed by atoms with van der Waals surface area (Å²) in [6.07, 6.45) is 4.27. The van der Waals surface area contributed by atoms with Gasteiger partial charge in [-0.1, -0.05) is 0 Å². The maximum Gasteiger partial charge on any atom is 0.237 e. The topological polar surface area (TPSA) is 64.7 Å². The number of rotatable bonds is 7. The zero-order valence-electron chi connectivity index (χ0n) is 15.1. The fraction of sp³-hybridized carbons (Fsp3) is 0.882. The van der Waals surface area contributed by atoms with Crippen molar-refractivity contribution in [2.75, 3.05) is 45.8 Å². The monoisotopic (exact) mass is 360 g/mol. The molecule has 2 heterocycles. The number of hydrogen-bond acceptors (Lipinski definition) is 4. The van der Waals surface area contributed by atoms with Crippen LogP contribution >= 0.6 is 12.4 Å². The predicted octanol–water partition coefficient (Wildman–Crippen LogP) is 0.857. The molecule has 2 aliphatic heterocycles. The van der Waals surface area contributed by atoms with E-state index < -0.39 is 0 Å². The smallest absolute Gasteiger partial charge is 0.237 e. The van der Waals surface area contributed by atoms with Gasteiger partial charge in [-0.15, -0.1) is 12.4 Å². The molecule has 2 aliphatic rings. The average Bonchev–Trinajstić information content (AvgIpc) is 3.08. The molecule has 2 amide bonds. The number of hydrogen-bond donors (Lipinski definition) is 2. The number of piperidine rings is 1. The zero-order valence-corrected chi connectivity index (χ0v) is 15.9. The van der Waals surface area contributed by atoms with Gasteiger partial charge in [0.05, 0.1) is 12.6 Å². The number of nitrogens with one attached hydrogen (secondary N) is 2. The molecule has 0 bridgehead atoms. The Hall–Kier alpha value is -0.850. The molecule has 0 aliphatic carbocycles. The SMILES string of the molecule is CCN(CC)C(=O)CN1CCCC(CNC(=O)C2CCCN2)C1.Cl. The fourth-order valence-electron chi connectivity index (χ4n) is 3.61. The Labute approximate surface area is 152 Å². The molecule has 0 aromatic carbocycles. The number of nitrogens with zero attached hydrogens (tertiary/aromatic N) is 2. The fourth-order valence-corrected chi connectivity index (χ4v) is 3.61. The van der Waals surface area contributed by atoms with E-state index >= 15 is 0 Å². The summed E-state index contributed by atoms with van der Waals surface area (Å²) in [5, 5.41) is 6.32. The number of carbonyl (C=O) groups excluding carboxylic acids is 2. The zero-order chi connectivity index (χ0) is 16.7. The van der Waals surface area contributed by atoms with Gasteiger partial charge in [-0.25, -0.2) is 0 Å². The Morgan fingerprint density at radius 1 is 1.21 bits per heavy atom. The minimum atomic E-state index is -0.000983. The highest BCUT2D eigenvalue weighted by molar-refractivity contribution is 5.85. The molecule has 2 fully saturated rings. The van der Waals surface area contributed by atoms with E-state index in [9.17, 15) is 9.59 Å². The minimum absolute atomic E-state index is 0. The van der Waals surface area contributed by atoms with E-state index in [1.54, 1.807) is 0 Å². The van der Waals surface area contributed by atoms with Gasteiger partial charge in [0.25, 0.3) is 0 Å². The Morgan fingerprint density at radius 2 is 1.96 bits per heavy atom. The number of likely N-dealkylation sites (N-methyl/N-ethyl adjacent to an activating group) is 1. The normalized spacial score (nSPS) is 24.2. The van der Waals surface area contributed by atoms with E-state index in [1.165, 1.54) is 0 Å². The summed E-state index contributed by atoms with van der Waals surface area (Å²) in [4.78, 5) is 28.4. The molecule has 2 saturated heterocycles. The van der Waals surface area contributed by atoms with Crippen molar-refractivity contribution in [1.82, 2.24) is 20.4 Å². The minimum Gasteiger partial charge on any atom is -0.354 e. The van der Waals surface area contributed by atoms with Crippen molar-refractivity contribution >= 4 is 24.2 Å². The summed E-state index contributed by atoms with van der Waals surface area (Å²) in [7, 11) is 0. The number of halogens is 1. The molecule has 24 heavy (non-hydrogen) atoms. The van der Waals surface area contributed by atoms with Crippen LogP contribution in [0.15, 0.2) is 0 Å². The number of likely N-dealkylation sites (tertiary alicyclic amines) is 1. The number of carbonyl (C=O) groups is 2. The predicted molar refractivity (Wildman–Crippen MR) is 98.4 cm³/mol. The molecule has 0 aromatic rings. The average molecular weight is 361 g/mol. The van der Waals surface area contributed by atoms with Gasteiger partial charge in [0.2, 0.25) is 11.8 Å². The highest BCUT2D eigenvalue weighted by Gasteiger charge is 2.25. The van der Waals surface area contributed by atoms with Crippen molar-refractivity contribution in [3.8, 4) is 0 Å². The number of amides is 2. The van der Waals surface area contributed by atoms with Crippen LogP contribution in [0.1, 0.15) is 39.5 Å². The van der Waals surface area contributed by atoms with Gasteiger partial charge in [-0.3, -0.25) is 14.5 Å². The van der Waals surface area contributed by atoms with Crippen molar-refractivity contribution in [2.45, 2.75) is 45.6 Å². The quantitative estimate of drug-likeness (QED) is 0.706. The molecule has 0 spiro atoms. The highest BCUT2D eigenvalue weighted by Crippen LogP contribution is 2.16. The summed E-state index contributed by atoms with van der Waals surface area (Å²) in [6, 6.07) is -0.000983. The molecule has 0 aromatic heterocycles. The first kappa shape index (κ1) is 21.2. The van der Waals surface area contributed by atoms with Gasteiger partial charge in [-0.2, -0.15) is 0 Å². The van der Waals surface area contributed by atoms with Gasteiger partial charge in [0.1, 0.15) is 0 Å². The maximum absolute atomic E-state index is 12.2. The van der Waals surface area contributed by atoms with Crippen LogP contribution in [0.25, 0.3) is 0 Å². The van der Waals surface area contributed by atoms with Crippen LogP contribution in [0.5, 0.6) is 0 Å². The third-order valence-corrected chi connectivity index (χ3v) is 5.02. The maximum atomic E-state index is 12.2. The van der Waals surface area contributed by atoms with Crippen molar-refractivity contribution in [2.24, 2.45) is 5.92 Å². The Balaban J connectivity index is 0.00000288. The molecule has 2 atom stereocenters. The van der Waals surface area contributed by atoms with Gasteiger partial charge >= 0.3 is 0 Å². The van der Waals surface area contributed by atoms with Crippen molar-refractivity contribution in [1.29, 1.82) is 0 Å². The second-order valence-electron chi connectivity index (χ2n) is 6.70. The van der Waals surface area contributed by atoms with Crippen molar-refractivity contribution < 1.29 is 9.59 Å². The van der Waals surface area contributed by atoms with Gasteiger partial charge in [0.15, 0.2) is 0 Å². The molecule has 2 unspecified atom stereocenters. The first-order chi connectivity index (χ1) is 11.1. The molecular formula is C17H33ClN4O2. The molecule has 0 saturated carbocycles. The van der Waals surface area contributed by atoms with E-state index in [0.29, 0.717) is 12.5 Å². The summed E-state index contributed by atoms with van der Waals surface area (Å²) in [6.45, 7) is 9.67.